The van der Waals surface area contributed by atoms with Gasteiger partial charge in [0, 0.05) is 6.54 Å². The highest BCUT2D eigenvalue weighted by molar-refractivity contribution is 7.90. The normalized spacial score (nSPS) is 18.8. The number of hydrogen-bond acceptors (Lipinski definition) is 3. The summed E-state index contributed by atoms with van der Waals surface area (Å²) in [5, 5.41) is 3.77. The quantitative estimate of drug-likeness (QED) is 0.903. The highest BCUT2D eigenvalue weighted by Crippen LogP contribution is 2.23. The molecule has 5 heteroatoms. The van der Waals surface area contributed by atoms with Gasteiger partial charge < -0.3 is 0 Å². The summed E-state index contributed by atoms with van der Waals surface area (Å²) in [6.45, 7) is 0.433. The fourth-order valence-corrected chi connectivity index (χ4v) is 4.30. The highest BCUT2D eigenvalue weighted by atomic mass is 32.2. The minimum absolute atomic E-state index is 0.167. The van der Waals surface area contributed by atoms with Crippen molar-refractivity contribution in [3.63, 3.8) is 0 Å². The summed E-state index contributed by atoms with van der Waals surface area (Å²) < 4.78 is 26.7. The van der Waals surface area contributed by atoms with Crippen molar-refractivity contribution >= 4 is 21.4 Å². The Kier molecular flexibility index (Phi) is 4.00. The molecule has 0 aliphatic heterocycles. The predicted octanol–water partition coefficient (Wildman–Crippen LogP) is 2.50. The summed E-state index contributed by atoms with van der Waals surface area (Å²) in [7, 11) is -3.10. The van der Waals surface area contributed by atoms with Crippen molar-refractivity contribution < 1.29 is 8.42 Å². The molecule has 0 amide bonds. The van der Waals surface area contributed by atoms with Crippen LogP contribution in [0.25, 0.3) is 0 Å². The van der Waals surface area contributed by atoms with Gasteiger partial charge in [-0.05, 0) is 35.2 Å². The van der Waals surface area contributed by atoms with Gasteiger partial charge >= 0.3 is 0 Å². The molecule has 0 bridgehead atoms. The van der Waals surface area contributed by atoms with Gasteiger partial charge in [-0.25, -0.2) is 13.1 Å². The van der Waals surface area contributed by atoms with Crippen LogP contribution in [0.2, 0.25) is 0 Å². The van der Waals surface area contributed by atoms with Gasteiger partial charge in [-0.3, -0.25) is 0 Å². The molecule has 1 aromatic rings. The van der Waals surface area contributed by atoms with E-state index in [1.165, 1.54) is 6.42 Å². The molecule has 0 unspecified atom stereocenters. The van der Waals surface area contributed by atoms with E-state index in [1.807, 2.05) is 16.8 Å². The number of hydrogen-bond donors (Lipinski definition) is 1. The molecule has 1 aliphatic rings. The van der Waals surface area contributed by atoms with E-state index in [0.29, 0.717) is 6.54 Å². The molecule has 1 saturated carbocycles. The molecule has 3 nitrogen and oxygen atoms in total. The maximum absolute atomic E-state index is 12.0. The molecule has 0 atom stereocenters. The summed E-state index contributed by atoms with van der Waals surface area (Å²) in [4.78, 5) is 0. The van der Waals surface area contributed by atoms with Crippen LogP contribution >= 0.6 is 11.3 Å². The number of rotatable bonds is 4. The molecule has 2 rings (SSSR count). The first-order valence-corrected chi connectivity index (χ1v) is 8.17. The molecule has 0 saturated heterocycles. The molecule has 0 radical (unpaired) electrons. The predicted molar refractivity (Wildman–Crippen MR) is 67.0 cm³/mol. The van der Waals surface area contributed by atoms with Crippen molar-refractivity contribution in [2.75, 3.05) is 0 Å². The molecule has 0 aromatic carbocycles. The Hall–Kier alpha value is -0.390. The standard InChI is InChI=1S/C11H17NO2S2/c13-16(14,11-4-2-1-3-5-11)12-8-10-6-7-15-9-10/h6-7,9,11-12H,1-5,8H2. The summed E-state index contributed by atoms with van der Waals surface area (Å²) in [6, 6.07) is 1.95. The molecule has 1 fully saturated rings. The van der Waals surface area contributed by atoms with Crippen molar-refractivity contribution in [1.82, 2.24) is 4.72 Å². The minimum Gasteiger partial charge on any atom is -0.212 e. The topological polar surface area (TPSA) is 46.2 Å². The fraction of sp³-hybridized carbons (Fsp3) is 0.636. The zero-order chi connectivity index (χ0) is 11.4. The number of nitrogens with one attached hydrogen (secondary N) is 1. The zero-order valence-electron chi connectivity index (χ0n) is 9.19. The van der Waals surface area contributed by atoms with E-state index in [2.05, 4.69) is 4.72 Å². The van der Waals surface area contributed by atoms with E-state index in [0.717, 1.165) is 31.2 Å². The zero-order valence-corrected chi connectivity index (χ0v) is 10.8. The second kappa shape index (κ2) is 5.29. The summed E-state index contributed by atoms with van der Waals surface area (Å²) in [5.74, 6) is 0. The average Bonchev–Trinajstić information content (AvgIpc) is 2.81. The Morgan fingerprint density at radius 2 is 2.06 bits per heavy atom. The summed E-state index contributed by atoms with van der Waals surface area (Å²) >= 11 is 1.59. The lowest BCUT2D eigenvalue weighted by Crippen LogP contribution is -2.35. The fourth-order valence-electron chi connectivity index (χ4n) is 2.07. The third kappa shape index (κ3) is 3.06. The van der Waals surface area contributed by atoms with Gasteiger partial charge in [0.05, 0.1) is 5.25 Å². The number of sulfonamides is 1. The lowest BCUT2D eigenvalue weighted by atomic mass is 10.0. The van der Waals surface area contributed by atoms with Crippen molar-refractivity contribution in [2.24, 2.45) is 0 Å². The second-order valence-corrected chi connectivity index (χ2v) is 7.08. The largest absolute Gasteiger partial charge is 0.214 e. The van der Waals surface area contributed by atoms with Gasteiger partial charge in [0.25, 0.3) is 0 Å². The van der Waals surface area contributed by atoms with Gasteiger partial charge in [-0.15, -0.1) is 0 Å². The van der Waals surface area contributed by atoms with E-state index in [4.69, 9.17) is 0 Å². The molecular weight excluding hydrogens is 242 g/mol. The van der Waals surface area contributed by atoms with Gasteiger partial charge in [0.15, 0.2) is 0 Å². The molecule has 90 valence electrons. The summed E-state index contributed by atoms with van der Waals surface area (Å²) in [6.07, 6.45) is 4.91. The average molecular weight is 259 g/mol. The first-order chi connectivity index (χ1) is 7.68. The third-order valence-electron chi connectivity index (χ3n) is 3.05. The Morgan fingerprint density at radius 1 is 1.31 bits per heavy atom. The van der Waals surface area contributed by atoms with Crippen LogP contribution in [0.4, 0.5) is 0 Å². The summed E-state index contributed by atoms with van der Waals surface area (Å²) in [5.41, 5.74) is 1.05. The van der Waals surface area contributed by atoms with Crippen molar-refractivity contribution in [2.45, 2.75) is 43.9 Å². The molecule has 1 N–H and O–H groups in total. The molecule has 1 aliphatic carbocycles. The second-order valence-electron chi connectivity index (χ2n) is 4.26. The van der Waals surface area contributed by atoms with Crippen LogP contribution in [0.1, 0.15) is 37.7 Å². The number of thiophene rings is 1. The van der Waals surface area contributed by atoms with Gasteiger partial charge in [0.2, 0.25) is 10.0 Å². The monoisotopic (exact) mass is 259 g/mol. The SMILES string of the molecule is O=S(=O)(NCc1ccsc1)C1CCCCC1. The Bertz CT molecular complexity index is 405. The Balaban J connectivity index is 1.91. The smallest absolute Gasteiger partial charge is 0.212 e. The first kappa shape index (κ1) is 12.1. The van der Waals surface area contributed by atoms with Gasteiger partial charge in [-0.1, -0.05) is 19.3 Å². The third-order valence-corrected chi connectivity index (χ3v) is 5.68. The Morgan fingerprint density at radius 3 is 2.69 bits per heavy atom. The van der Waals surface area contributed by atoms with E-state index in [9.17, 15) is 8.42 Å². The first-order valence-electron chi connectivity index (χ1n) is 5.68. The maximum Gasteiger partial charge on any atom is 0.214 e. The minimum atomic E-state index is -3.10. The molecular formula is C11H17NO2S2. The maximum atomic E-state index is 12.0. The van der Waals surface area contributed by atoms with E-state index in [1.54, 1.807) is 11.3 Å². The van der Waals surface area contributed by atoms with E-state index in [-0.39, 0.29) is 5.25 Å². The van der Waals surface area contributed by atoms with Crippen LogP contribution in [-0.2, 0) is 16.6 Å². The van der Waals surface area contributed by atoms with Crippen LogP contribution in [0, 0.1) is 0 Å². The highest BCUT2D eigenvalue weighted by Gasteiger charge is 2.26. The van der Waals surface area contributed by atoms with Crippen LogP contribution < -0.4 is 4.72 Å². The van der Waals surface area contributed by atoms with Crippen LogP contribution in [0.3, 0.4) is 0 Å². The Labute approximate surface area is 101 Å². The van der Waals surface area contributed by atoms with Gasteiger partial charge in [0.1, 0.15) is 0 Å². The lowest BCUT2D eigenvalue weighted by molar-refractivity contribution is 0.477. The van der Waals surface area contributed by atoms with Gasteiger partial charge in [-0.2, -0.15) is 11.3 Å². The van der Waals surface area contributed by atoms with E-state index < -0.39 is 10.0 Å². The lowest BCUT2D eigenvalue weighted by Gasteiger charge is -2.21. The van der Waals surface area contributed by atoms with Crippen LogP contribution in [0.5, 0.6) is 0 Å². The van der Waals surface area contributed by atoms with Crippen molar-refractivity contribution in [3.05, 3.63) is 22.4 Å². The molecule has 1 aromatic heterocycles. The van der Waals surface area contributed by atoms with Crippen LogP contribution in [0.15, 0.2) is 16.8 Å². The molecule has 1 heterocycles. The molecule has 16 heavy (non-hydrogen) atoms. The van der Waals surface area contributed by atoms with Crippen molar-refractivity contribution in [1.29, 1.82) is 0 Å². The molecule has 0 spiro atoms. The van der Waals surface area contributed by atoms with Crippen LogP contribution in [-0.4, -0.2) is 13.7 Å². The van der Waals surface area contributed by atoms with E-state index >= 15 is 0 Å². The van der Waals surface area contributed by atoms with Crippen molar-refractivity contribution in [3.8, 4) is 0 Å².